The summed E-state index contributed by atoms with van der Waals surface area (Å²) >= 11 is 0. The summed E-state index contributed by atoms with van der Waals surface area (Å²) in [4.78, 5) is 11.2. The number of carbonyl (C=O) groups excluding carboxylic acids is 1. The quantitative estimate of drug-likeness (QED) is 0.280. The van der Waals surface area contributed by atoms with E-state index in [0.717, 1.165) is 19.3 Å². The van der Waals surface area contributed by atoms with Gasteiger partial charge in [0.25, 0.3) is 0 Å². The van der Waals surface area contributed by atoms with Gasteiger partial charge < -0.3 is 4.74 Å². The number of rotatable bonds is 7. The van der Waals surface area contributed by atoms with Crippen molar-refractivity contribution in [3.8, 4) is 6.07 Å². The van der Waals surface area contributed by atoms with E-state index in [4.69, 9.17) is 10.00 Å². The minimum absolute atomic E-state index is 0.133. The van der Waals surface area contributed by atoms with Crippen molar-refractivity contribution in [3.05, 3.63) is 11.6 Å². The van der Waals surface area contributed by atoms with Crippen LogP contribution in [0.4, 0.5) is 0 Å². The van der Waals surface area contributed by atoms with Crippen molar-refractivity contribution >= 4 is 5.97 Å². The Bertz CT molecular complexity index is 251. The van der Waals surface area contributed by atoms with Crippen molar-refractivity contribution in [2.45, 2.75) is 46.0 Å². The standard InChI is InChI=1S/C12H19NO2/c1-3-5-6-7-8-9-11(10-13)12(14)15-4-2/h9H,3-8H2,1-2H3. The van der Waals surface area contributed by atoms with Gasteiger partial charge in [-0.2, -0.15) is 5.26 Å². The minimum Gasteiger partial charge on any atom is -0.462 e. The third kappa shape index (κ3) is 6.73. The van der Waals surface area contributed by atoms with Crippen LogP contribution in [0.15, 0.2) is 11.6 Å². The molecule has 0 radical (unpaired) electrons. The lowest BCUT2D eigenvalue weighted by Crippen LogP contribution is -2.06. The van der Waals surface area contributed by atoms with E-state index in [1.165, 1.54) is 12.8 Å². The van der Waals surface area contributed by atoms with Gasteiger partial charge >= 0.3 is 5.97 Å². The molecule has 0 aliphatic rings. The fourth-order valence-corrected chi connectivity index (χ4v) is 1.20. The van der Waals surface area contributed by atoms with Gasteiger partial charge in [-0.05, 0) is 19.8 Å². The highest BCUT2D eigenvalue weighted by Gasteiger charge is 2.08. The van der Waals surface area contributed by atoms with Crippen LogP contribution in [0.2, 0.25) is 0 Å². The first kappa shape index (κ1) is 13.7. The average molecular weight is 209 g/mol. The lowest BCUT2D eigenvalue weighted by Gasteiger charge is -1.99. The zero-order chi connectivity index (χ0) is 11.5. The number of hydrogen-bond acceptors (Lipinski definition) is 3. The Balaban J connectivity index is 3.90. The molecule has 0 aromatic carbocycles. The van der Waals surface area contributed by atoms with Crippen LogP contribution in [0.25, 0.3) is 0 Å². The van der Waals surface area contributed by atoms with Crippen LogP contribution in [-0.4, -0.2) is 12.6 Å². The number of unbranched alkanes of at least 4 members (excludes halogenated alkanes) is 4. The molecule has 0 heterocycles. The van der Waals surface area contributed by atoms with Crippen LogP contribution in [-0.2, 0) is 9.53 Å². The Morgan fingerprint density at radius 3 is 2.60 bits per heavy atom. The molecular formula is C12H19NO2. The number of hydrogen-bond donors (Lipinski definition) is 0. The van der Waals surface area contributed by atoms with Gasteiger partial charge in [0, 0.05) is 0 Å². The zero-order valence-corrected chi connectivity index (χ0v) is 9.58. The number of nitriles is 1. The predicted octanol–water partition coefficient (Wildman–Crippen LogP) is 2.97. The molecular weight excluding hydrogens is 190 g/mol. The van der Waals surface area contributed by atoms with Crippen LogP contribution in [0.3, 0.4) is 0 Å². The maximum atomic E-state index is 11.2. The van der Waals surface area contributed by atoms with Crippen molar-refractivity contribution < 1.29 is 9.53 Å². The minimum atomic E-state index is -0.504. The Hall–Kier alpha value is -1.30. The number of ether oxygens (including phenoxy) is 1. The molecule has 15 heavy (non-hydrogen) atoms. The summed E-state index contributed by atoms with van der Waals surface area (Å²) in [5.74, 6) is -0.504. The molecule has 0 N–H and O–H groups in total. The average Bonchev–Trinajstić information content (AvgIpc) is 2.23. The molecule has 0 fully saturated rings. The fraction of sp³-hybridized carbons (Fsp3) is 0.667. The second kappa shape index (κ2) is 9.26. The molecule has 0 rings (SSSR count). The maximum absolute atomic E-state index is 11.2. The summed E-state index contributed by atoms with van der Waals surface area (Å²) in [7, 11) is 0. The second-order valence-corrected chi connectivity index (χ2v) is 3.30. The third-order valence-corrected chi connectivity index (χ3v) is 2.02. The van der Waals surface area contributed by atoms with Crippen LogP contribution in [0.1, 0.15) is 46.0 Å². The molecule has 84 valence electrons. The van der Waals surface area contributed by atoms with Crippen molar-refractivity contribution in [1.29, 1.82) is 5.26 Å². The molecule has 0 aromatic heterocycles. The van der Waals surface area contributed by atoms with Crippen molar-refractivity contribution in [2.75, 3.05) is 6.61 Å². The predicted molar refractivity (Wildman–Crippen MR) is 59.1 cm³/mol. The van der Waals surface area contributed by atoms with E-state index < -0.39 is 5.97 Å². The largest absolute Gasteiger partial charge is 0.462 e. The highest BCUT2D eigenvalue weighted by atomic mass is 16.5. The Labute approximate surface area is 91.7 Å². The summed E-state index contributed by atoms with van der Waals surface area (Å²) < 4.78 is 4.74. The van der Waals surface area contributed by atoms with Crippen LogP contribution in [0.5, 0.6) is 0 Å². The van der Waals surface area contributed by atoms with Gasteiger partial charge in [0.15, 0.2) is 0 Å². The first-order valence-electron chi connectivity index (χ1n) is 5.53. The van der Waals surface area contributed by atoms with E-state index in [0.29, 0.717) is 6.61 Å². The smallest absolute Gasteiger partial charge is 0.348 e. The van der Waals surface area contributed by atoms with Gasteiger partial charge in [-0.15, -0.1) is 0 Å². The molecule has 0 saturated heterocycles. The first-order chi connectivity index (χ1) is 7.26. The number of esters is 1. The molecule has 0 amide bonds. The molecule has 0 unspecified atom stereocenters. The zero-order valence-electron chi connectivity index (χ0n) is 9.58. The molecule has 0 bridgehead atoms. The van der Waals surface area contributed by atoms with Gasteiger partial charge in [-0.25, -0.2) is 4.79 Å². The van der Waals surface area contributed by atoms with Crippen molar-refractivity contribution in [2.24, 2.45) is 0 Å². The van der Waals surface area contributed by atoms with Gasteiger partial charge in [-0.3, -0.25) is 0 Å². The van der Waals surface area contributed by atoms with E-state index in [-0.39, 0.29) is 5.57 Å². The summed E-state index contributed by atoms with van der Waals surface area (Å²) in [5, 5.41) is 8.71. The molecule has 0 aromatic rings. The van der Waals surface area contributed by atoms with Gasteiger partial charge in [0.1, 0.15) is 11.6 Å². The maximum Gasteiger partial charge on any atom is 0.348 e. The third-order valence-electron chi connectivity index (χ3n) is 2.02. The topological polar surface area (TPSA) is 50.1 Å². The van der Waals surface area contributed by atoms with E-state index in [1.54, 1.807) is 13.0 Å². The van der Waals surface area contributed by atoms with Crippen molar-refractivity contribution in [1.82, 2.24) is 0 Å². The van der Waals surface area contributed by atoms with Crippen LogP contribution < -0.4 is 0 Å². The van der Waals surface area contributed by atoms with E-state index in [9.17, 15) is 4.79 Å². The Kier molecular flexibility index (Phi) is 8.46. The lowest BCUT2D eigenvalue weighted by molar-refractivity contribution is -0.138. The van der Waals surface area contributed by atoms with Crippen molar-refractivity contribution in [3.63, 3.8) is 0 Å². The first-order valence-corrected chi connectivity index (χ1v) is 5.53. The summed E-state index contributed by atoms with van der Waals surface area (Å²) in [6.07, 6.45) is 7.02. The molecule has 0 atom stereocenters. The highest BCUT2D eigenvalue weighted by molar-refractivity contribution is 5.92. The molecule has 0 saturated carbocycles. The van der Waals surface area contributed by atoms with Gasteiger partial charge in [0.05, 0.1) is 6.61 Å². The van der Waals surface area contributed by atoms with E-state index in [1.807, 2.05) is 6.07 Å². The highest BCUT2D eigenvalue weighted by Crippen LogP contribution is 2.06. The summed E-state index contributed by atoms with van der Waals surface area (Å²) in [6, 6.07) is 1.86. The van der Waals surface area contributed by atoms with E-state index in [2.05, 4.69) is 6.92 Å². The van der Waals surface area contributed by atoms with Crippen LogP contribution in [0, 0.1) is 11.3 Å². The Morgan fingerprint density at radius 2 is 2.07 bits per heavy atom. The van der Waals surface area contributed by atoms with Gasteiger partial charge in [0.2, 0.25) is 0 Å². The number of carbonyl (C=O) groups is 1. The summed E-state index contributed by atoms with van der Waals surface area (Å²) in [5.41, 5.74) is 0.133. The monoisotopic (exact) mass is 209 g/mol. The lowest BCUT2D eigenvalue weighted by atomic mass is 10.1. The summed E-state index contributed by atoms with van der Waals surface area (Å²) in [6.45, 7) is 4.19. The molecule has 3 heteroatoms. The van der Waals surface area contributed by atoms with E-state index >= 15 is 0 Å². The normalized spacial score (nSPS) is 10.9. The Morgan fingerprint density at radius 1 is 1.33 bits per heavy atom. The van der Waals surface area contributed by atoms with Crippen LogP contribution >= 0.6 is 0 Å². The fourth-order valence-electron chi connectivity index (χ4n) is 1.20. The number of nitrogens with zero attached hydrogens (tertiary/aromatic N) is 1. The molecule has 3 nitrogen and oxygen atoms in total. The molecule has 0 aliphatic heterocycles. The number of allylic oxidation sites excluding steroid dienone is 1. The SMILES string of the molecule is CCCCCCC=C(C#N)C(=O)OCC. The van der Waals surface area contributed by atoms with Gasteiger partial charge in [-0.1, -0.05) is 32.3 Å². The molecule has 0 aliphatic carbocycles. The molecule has 0 spiro atoms. The second-order valence-electron chi connectivity index (χ2n) is 3.30.